The summed E-state index contributed by atoms with van der Waals surface area (Å²) < 4.78 is 27.6. The number of para-hydroxylation sites is 1. The maximum Gasteiger partial charge on any atom is 0.269 e. The number of nitro benzene ring substituents is 1. The number of nitrogens with zero attached hydrogens (tertiary/aromatic N) is 1. The lowest BCUT2D eigenvalue weighted by Gasteiger charge is -2.09. The van der Waals surface area contributed by atoms with Gasteiger partial charge in [-0.25, -0.2) is 8.42 Å². The zero-order valence-electron chi connectivity index (χ0n) is 14.0. The molecule has 0 saturated heterocycles. The lowest BCUT2D eigenvalue weighted by Crippen LogP contribution is -2.13. The summed E-state index contributed by atoms with van der Waals surface area (Å²) in [7, 11) is -3.90. The van der Waals surface area contributed by atoms with Crippen LogP contribution in [0.5, 0.6) is 0 Å². The lowest BCUT2D eigenvalue weighted by molar-refractivity contribution is -0.384. The first-order valence-corrected chi connectivity index (χ1v) is 9.37. The normalized spacial score (nSPS) is 10.5. The van der Waals surface area contributed by atoms with Gasteiger partial charge >= 0.3 is 0 Å². The number of hydrogen-bond donors (Lipinski definition) is 1. The Hall–Kier alpha value is -3.63. The topological polar surface area (TPSA) is 89.3 Å². The molecule has 0 aromatic heterocycles. The van der Waals surface area contributed by atoms with E-state index in [2.05, 4.69) is 16.6 Å². The highest BCUT2D eigenvalue weighted by Gasteiger charge is 2.17. The summed E-state index contributed by atoms with van der Waals surface area (Å²) in [6.07, 6.45) is 0. The quantitative estimate of drug-likeness (QED) is 0.425. The average Bonchev–Trinajstić information content (AvgIpc) is 2.68. The number of sulfonamides is 1. The number of hydrogen-bond acceptors (Lipinski definition) is 4. The predicted molar refractivity (Wildman–Crippen MR) is 103 cm³/mol. The molecule has 0 aliphatic rings. The first-order chi connectivity index (χ1) is 13.0. The molecule has 0 radical (unpaired) electrons. The number of anilines is 1. The van der Waals surface area contributed by atoms with E-state index in [1.54, 1.807) is 24.3 Å². The SMILES string of the molecule is O=[N+]([O-])c1ccc(S(=O)(=O)Nc2ccccc2C#Cc2ccccc2)cc1. The van der Waals surface area contributed by atoms with Gasteiger partial charge in [-0.05, 0) is 36.4 Å². The Bertz CT molecular complexity index is 1130. The van der Waals surface area contributed by atoms with E-state index in [-0.39, 0.29) is 10.6 Å². The third-order valence-electron chi connectivity index (χ3n) is 3.64. The molecule has 3 aromatic carbocycles. The number of non-ortho nitro benzene ring substituents is 1. The van der Waals surface area contributed by atoms with Gasteiger partial charge in [0.05, 0.1) is 15.5 Å². The Morgan fingerprint density at radius 1 is 0.815 bits per heavy atom. The molecule has 27 heavy (non-hydrogen) atoms. The van der Waals surface area contributed by atoms with Gasteiger partial charge in [-0.15, -0.1) is 0 Å². The summed E-state index contributed by atoms with van der Waals surface area (Å²) >= 11 is 0. The van der Waals surface area contributed by atoms with E-state index in [0.717, 1.165) is 17.7 Å². The summed E-state index contributed by atoms with van der Waals surface area (Å²) in [5.41, 5.74) is 1.49. The van der Waals surface area contributed by atoms with Crippen molar-refractivity contribution in [1.29, 1.82) is 0 Å². The standard InChI is InChI=1S/C20H14N2O4S/c23-22(24)18-12-14-19(15-13-18)27(25,26)21-20-9-5-4-8-17(20)11-10-16-6-2-1-3-7-16/h1-9,12-15,21H. The van der Waals surface area contributed by atoms with Gasteiger partial charge in [-0.1, -0.05) is 42.2 Å². The molecule has 7 heteroatoms. The highest BCUT2D eigenvalue weighted by molar-refractivity contribution is 7.92. The van der Waals surface area contributed by atoms with E-state index in [9.17, 15) is 18.5 Å². The molecule has 0 bridgehead atoms. The molecule has 0 saturated carbocycles. The Kier molecular flexibility index (Phi) is 5.20. The van der Waals surface area contributed by atoms with Gasteiger partial charge in [-0.2, -0.15) is 0 Å². The van der Waals surface area contributed by atoms with Crippen molar-refractivity contribution < 1.29 is 13.3 Å². The van der Waals surface area contributed by atoms with Crippen molar-refractivity contribution in [1.82, 2.24) is 0 Å². The fraction of sp³-hybridized carbons (Fsp3) is 0. The minimum atomic E-state index is -3.90. The van der Waals surface area contributed by atoms with Crippen LogP contribution in [0.2, 0.25) is 0 Å². The van der Waals surface area contributed by atoms with E-state index in [4.69, 9.17) is 0 Å². The average molecular weight is 378 g/mol. The lowest BCUT2D eigenvalue weighted by atomic mass is 10.1. The fourth-order valence-electron chi connectivity index (χ4n) is 2.29. The minimum absolute atomic E-state index is 0.0704. The number of nitrogens with one attached hydrogen (secondary N) is 1. The van der Waals surface area contributed by atoms with Gasteiger partial charge in [0, 0.05) is 23.3 Å². The van der Waals surface area contributed by atoms with Crippen LogP contribution in [0.15, 0.2) is 83.8 Å². The van der Waals surface area contributed by atoms with E-state index in [1.165, 1.54) is 12.1 Å². The third-order valence-corrected chi connectivity index (χ3v) is 5.03. The second-order valence-corrected chi connectivity index (χ2v) is 7.20. The Morgan fingerprint density at radius 2 is 1.44 bits per heavy atom. The van der Waals surface area contributed by atoms with Gasteiger partial charge in [0.1, 0.15) is 0 Å². The Morgan fingerprint density at radius 3 is 2.11 bits per heavy atom. The van der Waals surface area contributed by atoms with Crippen LogP contribution in [0.3, 0.4) is 0 Å². The van der Waals surface area contributed by atoms with Crippen LogP contribution in [-0.4, -0.2) is 13.3 Å². The third kappa shape index (κ3) is 4.51. The van der Waals surface area contributed by atoms with E-state index < -0.39 is 14.9 Å². The van der Waals surface area contributed by atoms with Crippen molar-refractivity contribution in [2.45, 2.75) is 4.90 Å². The van der Waals surface area contributed by atoms with Crippen LogP contribution in [-0.2, 0) is 10.0 Å². The summed E-state index contributed by atoms with van der Waals surface area (Å²) in [5, 5.41) is 10.7. The van der Waals surface area contributed by atoms with Gasteiger partial charge in [0.15, 0.2) is 0 Å². The molecule has 0 unspecified atom stereocenters. The van der Waals surface area contributed by atoms with Crippen molar-refractivity contribution in [2.24, 2.45) is 0 Å². The molecule has 0 amide bonds. The Labute approximate surface area is 156 Å². The zero-order valence-corrected chi connectivity index (χ0v) is 14.8. The maximum atomic E-state index is 12.6. The first-order valence-electron chi connectivity index (χ1n) is 7.89. The molecule has 0 spiro atoms. The van der Waals surface area contributed by atoms with Crippen LogP contribution < -0.4 is 4.72 Å². The second kappa shape index (κ2) is 7.72. The summed E-state index contributed by atoms with van der Waals surface area (Å²) in [5.74, 6) is 5.95. The molecule has 3 aromatic rings. The monoisotopic (exact) mass is 378 g/mol. The maximum absolute atomic E-state index is 12.6. The highest BCUT2D eigenvalue weighted by Crippen LogP contribution is 2.21. The summed E-state index contributed by atoms with van der Waals surface area (Å²) in [4.78, 5) is 10.1. The molecular formula is C20H14N2O4S. The zero-order chi connectivity index (χ0) is 19.3. The van der Waals surface area contributed by atoms with Crippen LogP contribution >= 0.6 is 0 Å². The van der Waals surface area contributed by atoms with Crippen LogP contribution in [0.25, 0.3) is 0 Å². The number of benzene rings is 3. The molecular weight excluding hydrogens is 364 g/mol. The number of rotatable bonds is 4. The molecule has 3 rings (SSSR count). The van der Waals surface area contributed by atoms with Crippen molar-refractivity contribution >= 4 is 21.4 Å². The molecule has 0 aliphatic carbocycles. The molecule has 134 valence electrons. The molecule has 0 atom stereocenters. The van der Waals surface area contributed by atoms with Gasteiger partial charge in [-0.3, -0.25) is 14.8 Å². The van der Waals surface area contributed by atoms with Gasteiger partial charge in [0.2, 0.25) is 0 Å². The van der Waals surface area contributed by atoms with Crippen LogP contribution in [0.1, 0.15) is 11.1 Å². The largest absolute Gasteiger partial charge is 0.278 e. The van der Waals surface area contributed by atoms with Crippen molar-refractivity contribution in [2.75, 3.05) is 4.72 Å². The smallest absolute Gasteiger partial charge is 0.269 e. The van der Waals surface area contributed by atoms with Gasteiger partial charge < -0.3 is 0 Å². The Balaban J connectivity index is 1.89. The van der Waals surface area contributed by atoms with Crippen molar-refractivity contribution in [3.8, 4) is 11.8 Å². The van der Waals surface area contributed by atoms with Crippen molar-refractivity contribution in [3.05, 3.63) is 100 Å². The molecule has 0 heterocycles. The van der Waals surface area contributed by atoms with Crippen molar-refractivity contribution in [3.63, 3.8) is 0 Å². The predicted octanol–water partition coefficient (Wildman–Crippen LogP) is 3.80. The van der Waals surface area contributed by atoms with E-state index in [0.29, 0.717) is 11.3 Å². The minimum Gasteiger partial charge on any atom is -0.278 e. The molecule has 1 N–H and O–H groups in total. The van der Waals surface area contributed by atoms with Crippen LogP contribution in [0.4, 0.5) is 11.4 Å². The number of nitro groups is 1. The van der Waals surface area contributed by atoms with E-state index >= 15 is 0 Å². The first kappa shape index (κ1) is 18.2. The second-order valence-electron chi connectivity index (χ2n) is 5.52. The van der Waals surface area contributed by atoms with Gasteiger partial charge in [0.25, 0.3) is 15.7 Å². The van der Waals surface area contributed by atoms with Crippen LogP contribution in [0, 0.1) is 22.0 Å². The highest BCUT2D eigenvalue weighted by atomic mass is 32.2. The fourth-order valence-corrected chi connectivity index (χ4v) is 3.37. The molecule has 0 fully saturated rings. The van der Waals surface area contributed by atoms with E-state index in [1.807, 2.05) is 30.3 Å². The summed E-state index contributed by atoms with van der Waals surface area (Å²) in [6, 6.07) is 20.8. The molecule has 6 nitrogen and oxygen atoms in total. The molecule has 0 aliphatic heterocycles. The summed E-state index contributed by atoms with van der Waals surface area (Å²) in [6.45, 7) is 0.